The van der Waals surface area contributed by atoms with Crippen LogP contribution in [0.25, 0.3) is 0 Å². The molecule has 0 fully saturated rings. The van der Waals surface area contributed by atoms with E-state index in [2.05, 4.69) is 23.8 Å². The van der Waals surface area contributed by atoms with Crippen LogP contribution in [-0.2, 0) is 12.2 Å². The van der Waals surface area contributed by atoms with Gasteiger partial charge in [0, 0.05) is 23.5 Å². The molecule has 1 atom stereocenters. The van der Waals surface area contributed by atoms with Crippen LogP contribution in [0.5, 0.6) is 0 Å². The summed E-state index contributed by atoms with van der Waals surface area (Å²) in [5, 5.41) is 0.627. The quantitative estimate of drug-likeness (QED) is 0.877. The van der Waals surface area contributed by atoms with E-state index in [1.807, 2.05) is 18.0 Å². The average molecular weight is 237 g/mol. The number of fused-ring (bicyclic) bond motifs is 1. The zero-order chi connectivity index (χ0) is 11.5. The van der Waals surface area contributed by atoms with Crippen molar-refractivity contribution in [2.45, 2.75) is 50.2 Å². The van der Waals surface area contributed by atoms with E-state index in [-0.39, 0.29) is 6.04 Å². The normalized spacial score (nSPS) is 19.9. The Labute approximate surface area is 101 Å². The number of aryl methyl sites for hydroxylation is 1. The third kappa shape index (κ3) is 2.74. The van der Waals surface area contributed by atoms with Gasteiger partial charge in [0.05, 0.1) is 5.75 Å². The summed E-state index contributed by atoms with van der Waals surface area (Å²) in [5.41, 5.74) is 8.36. The summed E-state index contributed by atoms with van der Waals surface area (Å²) in [7, 11) is 0. The molecule has 1 heterocycles. The van der Waals surface area contributed by atoms with Crippen LogP contribution in [0.1, 0.15) is 49.8 Å². The first-order chi connectivity index (χ1) is 7.66. The van der Waals surface area contributed by atoms with Crippen LogP contribution >= 0.6 is 11.8 Å². The van der Waals surface area contributed by atoms with Crippen molar-refractivity contribution >= 4 is 11.8 Å². The second kappa shape index (κ2) is 5.15. The Morgan fingerprint density at radius 1 is 1.56 bits per heavy atom. The first-order valence-electron chi connectivity index (χ1n) is 5.88. The van der Waals surface area contributed by atoms with E-state index in [9.17, 15) is 0 Å². The Morgan fingerprint density at radius 3 is 3.12 bits per heavy atom. The Hall–Kier alpha value is -0.610. The molecule has 0 saturated carbocycles. The summed E-state index contributed by atoms with van der Waals surface area (Å²) in [5.74, 6) is 1.85. The highest BCUT2D eigenvalue weighted by molar-refractivity contribution is 7.99. The third-order valence-electron chi connectivity index (χ3n) is 2.82. The molecule has 0 aromatic carbocycles. The summed E-state index contributed by atoms with van der Waals surface area (Å²) in [6, 6.07) is 0.149. The highest BCUT2D eigenvalue weighted by Crippen LogP contribution is 2.26. The van der Waals surface area contributed by atoms with E-state index in [0.29, 0.717) is 5.25 Å². The van der Waals surface area contributed by atoms with E-state index < -0.39 is 0 Å². The van der Waals surface area contributed by atoms with Crippen LogP contribution in [-0.4, -0.2) is 15.2 Å². The summed E-state index contributed by atoms with van der Waals surface area (Å²) in [6.07, 6.45) is 5.21. The van der Waals surface area contributed by atoms with Gasteiger partial charge in [-0.3, -0.25) is 0 Å². The molecule has 0 spiro atoms. The van der Waals surface area contributed by atoms with Crippen molar-refractivity contribution < 1.29 is 0 Å². The molecular formula is C12H19N3S. The molecule has 0 aliphatic heterocycles. The Morgan fingerprint density at radius 2 is 2.38 bits per heavy atom. The summed E-state index contributed by atoms with van der Waals surface area (Å²) in [4.78, 5) is 9.03. The van der Waals surface area contributed by atoms with Crippen molar-refractivity contribution in [3.8, 4) is 0 Å². The number of thioether (sulfide) groups is 1. The van der Waals surface area contributed by atoms with Crippen molar-refractivity contribution in [1.29, 1.82) is 0 Å². The number of aromatic nitrogens is 2. The van der Waals surface area contributed by atoms with Crippen LogP contribution in [0.4, 0.5) is 0 Å². The molecule has 0 amide bonds. The maximum Gasteiger partial charge on any atom is 0.138 e. The molecule has 16 heavy (non-hydrogen) atoms. The van der Waals surface area contributed by atoms with Crippen molar-refractivity contribution in [2.75, 3.05) is 0 Å². The van der Waals surface area contributed by atoms with Crippen molar-refractivity contribution in [1.82, 2.24) is 9.97 Å². The zero-order valence-electron chi connectivity index (χ0n) is 9.94. The highest BCUT2D eigenvalue weighted by atomic mass is 32.2. The minimum Gasteiger partial charge on any atom is -0.324 e. The van der Waals surface area contributed by atoms with Gasteiger partial charge in [0.1, 0.15) is 5.82 Å². The predicted molar refractivity (Wildman–Crippen MR) is 68.3 cm³/mol. The zero-order valence-corrected chi connectivity index (χ0v) is 10.8. The van der Waals surface area contributed by atoms with Gasteiger partial charge in [0.15, 0.2) is 0 Å². The molecule has 2 rings (SSSR count). The van der Waals surface area contributed by atoms with Gasteiger partial charge in [-0.05, 0) is 24.5 Å². The molecule has 1 aliphatic carbocycles. The number of nitrogens with two attached hydrogens (primary N) is 1. The van der Waals surface area contributed by atoms with E-state index in [0.717, 1.165) is 36.4 Å². The third-order valence-corrected chi connectivity index (χ3v) is 3.92. The van der Waals surface area contributed by atoms with E-state index in [1.54, 1.807) is 0 Å². The lowest BCUT2D eigenvalue weighted by molar-refractivity contribution is 0.554. The SMILES string of the molecule is CC(C)SCc1ncc2c(n1)CCCC2N. The van der Waals surface area contributed by atoms with Crippen LogP contribution in [0.2, 0.25) is 0 Å². The van der Waals surface area contributed by atoms with Gasteiger partial charge in [0.25, 0.3) is 0 Å². The minimum absolute atomic E-state index is 0.149. The molecule has 88 valence electrons. The number of hydrogen-bond donors (Lipinski definition) is 1. The molecule has 0 bridgehead atoms. The average Bonchev–Trinajstić information content (AvgIpc) is 2.26. The fourth-order valence-corrected chi connectivity index (χ4v) is 2.55. The Bertz CT molecular complexity index is 365. The smallest absolute Gasteiger partial charge is 0.138 e. The predicted octanol–water partition coefficient (Wildman–Crippen LogP) is 2.45. The van der Waals surface area contributed by atoms with E-state index in [4.69, 9.17) is 5.73 Å². The molecule has 1 aromatic rings. The molecule has 4 heteroatoms. The first kappa shape index (κ1) is 11.9. The Kier molecular flexibility index (Phi) is 3.82. The maximum atomic E-state index is 6.03. The number of hydrogen-bond acceptors (Lipinski definition) is 4. The van der Waals surface area contributed by atoms with Crippen LogP contribution < -0.4 is 5.73 Å². The number of nitrogens with zero attached hydrogens (tertiary/aromatic N) is 2. The monoisotopic (exact) mass is 237 g/mol. The Balaban J connectivity index is 2.12. The summed E-state index contributed by atoms with van der Waals surface area (Å²) >= 11 is 1.88. The minimum atomic E-state index is 0.149. The van der Waals surface area contributed by atoms with Crippen LogP contribution in [0.3, 0.4) is 0 Å². The second-order valence-corrected chi connectivity index (χ2v) is 6.11. The lowest BCUT2D eigenvalue weighted by atomic mass is 9.93. The molecular weight excluding hydrogens is 218 g/mol. The van der Waals surface area contributed by atoms with Gasteiger partial charge in [-0.1, -0.05) is 13.8 Å². The fourth-order valence-electron chi connectivity index (χ4n) is 1.93. The molecule has 2 N–H and O–H groups in total. The van der Waals surface area contributed by atoms with Gasteiger partial charge in [-0.15, -0.1) is 0 Å². The van der Waals surface area contributed by atoms with E-state index in [1.165, 1.54) is 5.69 Å². The van der Waals surface area contributed by atoms with Gasteiger partial charge in [-0.2, -0.15) is 11.8 Å². The van der Waals surface area contributed by atoms with Crippen molar-refractivity contribution in [3.63, 3.8) is 0 Å². The first-order valence-corrected chi connectivity index (χ1v) is 6.93. The molecule has 1 aromatic heterocycles. The molecule has 3 nitrogen and oxygen atoms in total. The summed E-state index contributed by atoms with van der Waals surface area (Å²) < 4.78 is 0. The lowest BCUT2D eigenvalue weighted by Crippen LogP contribution is -2.19. The molecule has 1 unspecified atom stereocenters. The van der Waals surface area contributed by atoms with Crippen molar-refractivity contribution in [3.05, 3.63) is 23.3 Å². The molecule has 0 radical (unpaired) electrons. The van der Waals surface area contributed by atoms with Crippen LogP contribution in [0.15, 0.2) is 6.20 Å². The van der Waals surface area contributed by atoms with E-state index >= 15 is 0 Å². The fraction of sp³-hybridized carbons (Fsp3) is 0.667. The maximum absolute atomic E-state index is 6.03. The van der Waals surface area contributed by atoms with Gasteiger partial charge in [0.2, 0.25) is 0 Å². The standard InChI is InChI=1S/C12H19N3S/c1-8(2)16-7-12-14-6-9-10(13)4-3-5-11(9)15-12/h6,8,10H,3-5,7,13H2,1-2H3. The lowest BCUT2D eigenvalue weighted by Gasteiger charge is -2.21. The number of rotatable bonds is 3. The topological polar surface area (TPSA) is 51.8 Å². The highest BCUT2D eigenvalue weighted by Gasteiger charge is 2.18. The largest absolute Gasteiger partial charge is 0.324 e. The summed E-state index contributed by atoms with van der Waals surface area (Å²) in [6.45, 7) is 4.39. The van der Waals surface area contributed by atoms with Gasteiger partial charge in [-0.25, -0.2) is 9.97 Å². The van der Waals surface area contributed by atoms with Crippen molar-refractivity contribution in [2.24, 2.45) is 5.73 Å². The second-order valence-electron chi connectivity index (χ2n) is 4.55. The molecule has 0 saturated heterocycles. The van der Waals surface area contributed by atoms with Gasteiger partial charge >= 0.3 is 0 Å². The van der Waals surface area contributed by atoms with Gasteiger partial charge < -0.3 is 5.73 Å². The molecule has 1 aliphatic rings. The van der Waals surface area contributed by atoms with Crippen LogP contribution in [0, 0.1) is 0 Å².